The summed E-state index contributed by atoms with van der Waals surface area (Å²) < 4.78 is 5.02. The van der Waals surface area contributed by atoms with Crippen molar-refractivity contribution in [2.24, 2.45) is 22.8 Å². The monoisotopic (exact) mass is 490 g/mol. The molecule has 6 N–H and O–H groups in total. The summed E-state index contributed by atoms with van der Waals surface area (Å²) in [5.74, 6) is 1.33. The van der Waals surface area contributed by atoms with Gasteiger partial charge >= 0.3 is 5.97 Å². The summed E-state index contributed by atoms with van der Waals surface area (Å²) in [5.41, 5.74) is 11.7. The highest BCUT2D eigenvalue weighted by Crippen LogP contribution is 2.47. The number of carbonyl (C=O) groups is 2. The van der Waals surface area contributed by atoms with Gasteiger partial charge in [0.2, 0.25) is 5.91 Å². The molecule has 1 amide bonds. The van der Waals surface area contributed by atoms with Crippen molar-refractivity contribution in [3.63, 3.8) is 0 Å². The molecule has 1 aromatic heterocycles. The molecule has 0 unspecified atom stereocenters. The summed E-state index contributed by atoms with van der Waals surface area (Å²) in [5, 5.41) is 12.8. The number of rotatable bonds is 4. The second kappa shape index (κ2) is 13.5. The van der Waals surface area contributed by atoms with Crippen LogP contribution in [0.4, 0.5) is 5.82 Å². The Kier molecular flexibility index (Phi) is 11.5. The quantitative estimate of drug-likeness (QED) is 0.283. The van der Waals surface area contributed by atoms with Gasteiger partial charge in [-0.2, -0.15) is 0 Å². The van der Waals surface area contributed by atoms with Crippen molar-refractivity contribution in [2.75, 3.05) is 25.1 Å². The third kappa shape index (κ3) is 7.08. The number of hydrogen-bond donors (Lipinski definition) is 4. The van der Waals surface area contributed by atoms with Gasteiger partial charge in [0.15, 0.2) is 5.82 Å². The molecular weight excluding hydrogens is 448 g/mol. The summed E-state index contributed by atoms with van der Waals surface area (Å²) in [6.45, 7) is 5.42. The molecule has 11 nitrogen and oxygen atoms in total. The van der Waals surface area contributed by atoms with E-state index >= 15 is 0 Å². The molecule has 1 saturated heterocycles. The minimum absolute atomic E-state index is 0. The number of carbonyl (C=O) groups excluding carboxylic acids is 2. The van der Waals surface area contributed by atoms with Crippen molar-refractivity contribution >= 4 is 30.4 Å². The van der Waals surface area contributed by atoms with Gasteiger partial charge in [0.25, 0.3) is 0 Å². The molecule has 1 saturated carbocycles. The van der Waals surface area contributed by atoms with Crippen LogP contribution >= 0.6 is 0 Å². The number of nitrogens with one attached hydrogen (secondary N) is 2. The Morgan fingerprint density at radius 3 is 2.34 bits per heavy atom. The fraction of sp³-hybridized carbons (Fsp3) is 0.583. The first-order valence-corrected chi connectivity index (χ1v) is 11.4. The molecule has 0 atom stereocenters. The standard InChI is InChI=1S/C15H21NO3.C7H11N5.CH4N2.CH4.H2/c1-10-3-5-15(6-4-10)7-8-16(14(15)18)12-9-19-13(17)11(12)2;1-12(5-9)7-4-10-6(2-8)3-11-7;2-1-3;;/h10H,3-9H2,1-2H3;3-5,9H,2,8H2,1H3;1H,(H3,2,3);1H4;1H. The summed E-state index contributed by atoms with van der Waals surface area (Å²) in [6, 6.07) is 0. The lowest BCUT2D eigenvalue weighted by molar-refractivity contribution is -0.138. The molecule has 3 heterocycles. The van der Waals surface area contributed by atoms with E-state index in [0.717, 1.165) is 62.3 Å². The fourth-order valence-corrected chi connectivity index (χ4v) is 4.31. The fourth-order valence-electron chi connectivity index (χ4n) is 4.31. The minimum Gasteiger partial charge on any atom is -0.456 e. The molecule has 1 aliphatic carbocycles. The largest absolute Gasteiger partial charge is 0.456 e. The Labute approximate surface area is 209 Å². The maximum atomic E-state index is 12.8. The average molecular weight is 491 g/mol. The van der Waals surface area contributed by atoms with E-state index in [2.05, 4.69) is 22.6 Å². The van der Waals surface area contributed by atoms with E-state index in [1.807, 2.05) is 4.90 Å². The number of nitrogens with two attached hydrogens (primary N) is 2. The Morgan fingerprint density at radius 2 is 1.89 bits per heavy atom. The first-order valence-electron chi connectivity index (χ1n) is 11.4. The smallest absolute Gasteiger partial charge is 0.336 e. The predicted molar refractivity (Wildman–Crippen MR) is 139 cm³/mol. The van der Waals surface area contributed by atoms with E-state index in [9.17, 15) is 9.59 Å². The van der Waals surface area contributed by atoms with Crippen LogP contribution in [-0.2, 0) is 20.9 Å². The van der Waals surface area contributed by atoms with Gasteiger partial charge in [-0.05, 0) is 44.9 Å². The van der Waals surface area contributed by atoms with Crippen LogP contribution in [-0.4, -0.2) is 59.6 Å². The zero-order valence-electron chi connectivity index (χ0n) is 20.2. The zero-order valence-corrected chi connectivity index (χ0v) is 20.2. The molecule has 2 fully saturated rings. The van der Waals surface area contributed by atoms with Crippen LogP contribution in [0.1, 0.15) is 60.5 Å². The van der Waals surface area contributed by atoms with Crippen LogP contribution in [0, 0.1) is 22.2 Å². The number of esters is 1. The number of ether oxygens (including phenoxy) is 1. The topological polar surface area (TPSA) is 175 Å². The lowest BCUT2D eigenvalue weighted by Crippen LogP contribution is -2.37. The number of anilines is 1. The Bertz CT molecular complexity index is 914. The first-order chi connectivity index (χ1) is 16.2. The van der Waals surface area contributed by atoms with E-state index in [1.165, 1.54) is 6.34 Å². The van der Waals surface area contributed by atoms with E-state index in [-0.39, 0.29) is 32.8 Å². The number of nitrogens with zero attached hydrogens (tertiary/aromatic N) is 4. The van der Waals surface area contributed by atoms with Crippen molar-refractivity contribution in [3.05, 3.63) is 29.4 Å². The van der Waals surface area contributed by atoms with Crippen LogP contribution in [0.25, 0.3) is 0 Å². The summed E-state index contributed by atoms with van der Waals surface area (Å²) >= 11 is 0. The van der Waals surface area contributed by atoms with Gasteiger partial charge in [0.05, 0.1) is 47.4 Å². The van der Waals surface area contributed by atoms with Crippen molar-refractivity contribution < 1.29 is 15.8 Å². The number of hydrogen-bond acceptors (Lipinski definition) is 8. The van der Waals surface area contributed by atoms with Crippen molar-refractivity contribution in [1.29, 1.82) is 10.8 Å². The predicted octanol–water partition coefficient (Wildman–Crippen LogP) is 2.66. The molecule has 0 bridgehead atoms. The Balaban J connectivity index is 0.000000629. The molecule has 1 spiro atoms. The number of amides is 1. The van der Waals surface area contributed by atoms with Crippen LogP contribution in [0.5, 0.6) is 0 Å². The van der Waals surface area contributed by atoms with Crippen LogP contribution in [0.15, 0.2) is 23.7 Å². The average Bonchev–Trinajstić information content (AvgIpc) is 3.35. The van der Waals surface area contributed by atoms with Gasteiger partial charge in [-0.3, -0.25) is 20.6 Å². The minimum atomic E-state index is -0.277. The second-order valence-electron chi connectivity index (χ2n) is 8.79. The SMILES string of the molecule is C.CC1=C(N2CCC3(CCC(C)CC3)C2=O)COC1=O.CN(C=N)c1cnc(CN)cn1.N=CN.[HH]. The number of cyclic esters (lactones) is 1. The van der Waals surface area contributed by atoms with Gasteiger partial charge in [-0.15, -0.1) is 0 Å². The molecule has 0 aromatic carbocycles. The zero-order chi connectivity index (χ0) is 25.3. The van der Waals surface area contributed by atoms with E-state index in [0.29, 0.717) is 17.9 Å². The maximum Gasteiger partial charge on any atom is 0.336 e. The summed E-state index contributed by atoms with van der Waals surface area (Å²) in [4.78, 5) is 35.7. The number of aromatic nitrogens is 2. The van der Waals surface area contributed by atoms with E-state index in [1.54, 1.807) is 31.3 Å². The number of likely N-dealkylation sites (tertiary alicyclic amines) is 1. The third-order valence-corrected chi connectivity index (χ3v) is 6.60. The second-order valence-corrected chi connectivity index (χ2v) is 8.79. The first kappa shape index (κ1) is 29.7. The van der Waals surface area contributed by atoms with Gasteiger partial charge in [0, 0.05) is 21.6 Å². The molecule has 0 radical (unpaired) electrons. The Morgan fingerprint density at radius 1 is 1.26 bits per heavy atom. The summed E-state index contributed by atoms with van der Waals surface area (Å²) in [7, 11) is 1.74. The molecule has 1 aromatic rings. The highest BCUT2D eigenvalue weighted by atomic mass is 16.5. The molecule has 11 heteroatoms. The normalized spacial score (nSPS) is 22.9. The van der Waals surface area contributed by atoms with Crippen LogP contribution in [0.3, 0.4) is 0 Å². The van der Waals surface area contributed by atoms with Crippen LogP contribution < -0.4 is 16.4 Å². The maximum absolute atomic E-state index is 12.8. The van der Waals surface area contributed by atoms with Crippen molar-refractivity contribution in [2.45, 2.75) is 59.9 Å². The molecule has 2 aliphatic heterocycles. The van der Waals surface area contributed by atoms with Crippen molar-refractivity contribution in [1.82, 2.24) is 14.9 Å². The van der Waals surface area contributed by atoms with Crippen LogP contribution in [0.2, 0.25) is 0 Å². The van der Waals surface area contributed by atoms with Gasteiger partial charge in [-0.1, -0.05) is 14.4 Å². The highest BCUT2D eigenvalue weighted by molar-refractivity contribution is 5.94. The molecule has 4 rings (SSSR count). The molecule has 3 aliphatic rings. The molecule has 196 valence electrons. The molecule has 35 heavy (non-hydrogen) atoms. The van der Waals surface area contributed by atoms with Gasteiger partial charge in [0.1, 0.15) is 6.61 Å². The highest BCUT2D eigenvalue weighted by Gasteiger charge is 2.49. The molecular formula is C24H42N8O3. The Hall–Kier alpha value is -3.34. The lowest BCUT2D eigenvalue weighted by Gasteiger charge is -2.34. The summed E-state index contributed by atoms with van der Waals surface area (Å²) in [6.07, 6.45) is 10.4. The van der Waals surface area contributed by atoms with E-state index in [4.69, 9.17) is 21.3 Å². The van der Waals surface area contributed by atoms with Crippen molar-refractivity contribution in [3.8, 4) is 0 Å². The third-order valence-electron chi connectivity index (χ3n) is 6.60. The van der Waals surface area contributed by atoms with Gasteiger partial charge < -0.3 is 26.0 Å². The lowest BCUT2D eigenvalue weighted by atomic mass is 9.70. The van der Waals surface area contributed by atoms with E-state index < -0.39 is 0 Å². The van der Waals surface area contributed by atoms with Gasteiger partial charge in [-0.25, -0.2) is 9.78 Å².